The van der Waals surface area contributed by atoms with Gasteiger partial charge >= 0.3 is 0 Å². The molecule has 2 heterocycles. The van der Waals surface area contributed by atoms with Crippen LogP contribution < -0.4 is 10.6 Å². The van der Waals surface area contributed by atoms with Crippen molar-refractivity contribution in [2.24, 2.45) is 0 Å². The molecule has 1 saturated heterocycles. The summed E-state index contributed by atoms with van der Waals surface area (Å²) in [6, 6.07) is 4.08. The molecule has 1 atom stereocenters. The standard InChI is InChI=1S/C15H21N3O/c1-11-4-2-8-16-13(11)14(19)18-12-5-9-17-15(10-12)6-3-7-15/h2,4,8,12,17H,3,5-7,9-10H2,1H3,(H,18,19). The number of nitrogens with one attached hydrogen (secondary N) is 2. The van der Waals surface area contributed by atoms with Crippen molar-refractivity contribution in [1.29, 1.82) is 0 Å². The summed E-state index contributed by atoms with van der Waals surface area (Å²) >= 11 is 0. The number of hydrogen-bond donors (Lipinski definition) is 2. The molecule has 19 heavy (non-hydrogen) atoms. The maximum Gasteiger partial charge on any atom is 0.270 e. The molecule has 1 aromatic rings. The van der Waals surface area contributed by atoms with E-state index in [0.717, 1.165) is 24.9 Å². The van der Waals surface area contributed by atoms with E-state index in [2.05, 4.69) is 15.6 Å². The Kier molecular flexibility index (Phi) is 3.27. The minimum atomic E-state index is -0.0283. The van der Waals surface area contributed by atoms with Crippen LogP contribution in [0.5, 0.6) is 0 Å². The zero-order chi connectivity index (χ0) is 13.3. The van der Waals surface area contributed by atoms with Crippen molar-refractivity contribution < 1.29 is 4.79 Å². The lowest BCUT2D eigenvalue weighted by molar-refractivity contribution is 0.0848. The molecule has 1 saturated carbocycles. The van der Waals surface area contributed by atoms with Gasteiger partial charge in [-0.05, 0) is 57.2 Å². The van der Waals surface area contributed by atoms with Crippen molar-refractivity contribution in [3.05, 3.63) is 29.6 Å². The van der Waals surface area contributed by atoms with Gasteiger partial charge in [0.2, 0.25) is 0 Å². The fourth-order valence-corrected chi connectivity index (χ4v) is 3.24. The summed E-state index contributed by atoms with van der Waals surface area (Å²) in [6.07, 6.45) is 7.57. The summed E-state index contributed by atoms with van der Waals surface area (Å²) in [4.78, 5) is 16.4. The third-order valence-corrected chi connectivity index (χ3v) is 4.50. The first-order valence-corrected chi connectivity index (χ1v) is 7.16. The largest absolute Gasteiger partial charge is 0.348 e. The molecule has 0 bridgehead atoms. The summed E-state index contributed by atoms with van der Waals surface area (Å²) in [6.45, 7) is 2.93. The van der Waals surface area contributed by atoms with Crippen LogP contribution in [-0.2, 0) is 0 Å². The van der Waals surface area contributed by atoms with Gasteiger partial charge in [0.25, 0.3) is 5.91 Å². The number of pyridine rings is 1. The van der Waals surface area contributed by atoms with Crippen LogP contribution in [0.15, 0.2) is 18.3 Å². The highest BCUT2D eigenvalue weighted by molar-refractivity contribution is 5.93. The highest BCUT2D eigenvalue weighted by Crippen LogP contribution is 2.38. The molecular weight excluding hydrogens is 238 g/mol. The van der Waals surface area contributed by atoms with E-state index in [-0.39, 0.29) is 11.9 Å². The maximum absolute atomic E-state index is 12.3. The highest BCUT2D eigenvalue weighted by Gasteiger charge is 2.41. The number of rotatable bonds is 2. The molecule has 3 rings (SSSR count). The molecule has 2 fully saturated rings. The molecular formula is C15H21N3O. The van der Waals surface area contributed by atoms with E-state index in [0.29, 0.717) is 11.2 Å². The smallest absolute Gasteiger partial charge is 0.270 e. The third kappa shape index (κ3) is 2.50. The first kappa shape index (κ1) is 12.6. The van der Waals surface area contributed by atoms with Gasteiger partial charge in [-0.1, -0.05) is 6.07 Å². The Hall–Kier alpha value is -1.42. The molecule has 2 aliphatic rings. The van der Waals surface area contributed by atoms with Crippen molar-refractivity contribution >= 4 is 5.91 Å². The van der Waals surface area contributed by atoms with Crippen LogP contribution >= 0.6 is 0 Å². The first-order valence-electron chi connectivity index (χ1n) is 7.16. The minimum absolute atomic E-state index is 0.0283. The Morgan fingerprint density at radius 3 is 3.05 bits per heavy atom. The number of carbonyl (C=O) groups is 1. The molecule has 1 aliphatic carbocycles. The second kappa shape index (κ2) is 4.93. The van der Waals surface area contributed by atoms with Crippen molar-refractivity contribution in [3.63, 3.8) is 0 Å². The first-order chi connectivity index (χ1) is 9.19. The molecule has 2 N–H and O–H groups in total. The molecule has 1 spiro atoms. The van der Waals surface area contributed by atoms with Gasteiger partial charge in [0.1, 0.15) is 5.69 Å². The zero-order valence-electron chi connectivity index (χ0n) is 11.4. The second-order valence-electron chi connectivity index (χ2n) is 5.89. The van der Waals surface area contributed by atoms with Gasteiger partial charge in [0.15, 0.2) is 0 Å². The molecule has 1 amide bonds. The van der Waals surface area contributed by atoms with E-state index in [9.17, 15) is 4.79 Å². The van der Waals surface area contributed by atoms with E-state index >= 15 is 0 Å². The van der Waals surface area contributed by atoms with Crippen molar-refractivity contribution in [1.82, 2.24) is 15.6 Å². The van der Waals surface area contributed by atoms with Crippen LogP contribution in [0.2, 0.25) is 0 Å². The minimum Gasteiger partial charge on any atom is -0.348 e. The van der Waals surface area contributed by atoms with Crippen molar-refractivity contribution in [3.8, 4) is 0 Å². The van der Waals surface area contributed by atoms with Gasteiger partial charge in [0, 0.05) is 17.8 Å². The Morgan fingerprint density at radius 1 is 1.53 bits per heavy atom. The van der Waals surface area contributed by atoms with Crippen LogP contribution in [0.4, 0.5) is 0 Å². The Labute approximate surface area is 114 Å². The maximum atomic E-state index is 12.3. The Bertz CT molecular complexity index is 482. The fourth-order valence-electron chi connectivity index (χ4n) is 3.24. The van der Waals surface area contributed by atoms with Gasteiger partial charge < -0.3 is 10.6 Å². The van der Waals surface area contributed by atoms with E-state index in [1.807, 2.05) is 19.1 Å². The molecule has 1 unspecified atom stereocenters. The molecule has 0 aromatic carbocycles. The van der Waals surface area contributed by atoms with E-state index in [1.165, 1.54) is 19.3 Å². The molecule has 1 aliphatic heterocycles. The predicted molar refractivity (Wildman–Crippen MR) is 74.0 cm³/mol. The molecule has 0 radical (unpaired) electrons. The summed E-state index contributed by atoms with van der Waals surface area (Å²) in [5, 5.41) is 6.78. The topological polar surface area (TPSA) is 54.0 Å². The summed E-state index contributed by atoms with van der Waals surface area (Å²) in [5.41, 5.74) is 1.81. The number of carbonyl (C=O) groups excluding carboxylic acids is 1. The van der Waals surface area contributed by atoms with Crippen LogP contribution in [0.3, 0.4) is 0 Å². The molecule has 102 valence electrons. The van der Waals surface area contributed by atoms with Crippen molar-refractivity contribution in [2.45, 2.75) is 50.6 Å². The van der Waals surface area contributed by atoms with Gasteiger partial charge in [-0.15, -0.1) is 0 Å². The lowest BCUT2D eigenvalue weighted by Gasteiger charge is -2.48. The lowest BCUT2D eigenvalue weighted by atomic mass is 9.70. The number of nitrogens with zero attached hydrogens (tertiary/aromatic N) is 1. The second-order valence-corrected chi connectivity index (χ2v) is 5.89. The highest BCUT2D eigenvalue weighted by atomic mass is 16.1. The van der Waals surface area contributed by atoms with E-state index in [1.54, 1.807) is 6.20 Å². The molecule has 4 heteroatoms. The van der Waals surface area contributed by atoms with Crippen LogP contribution in [0.1, 0.15) is 48.2 Å². The fraction of sp³-hybridized carbons (Fsp3) is 0.600. The van der Waals surface area contributed by atoms with Crippen LogP contribution in [-0.4, -0.2) is 29.0 Å². The Balaban J connectivity index is 1.65. The average Bonchev–Trinajstić information content (AvgIpc) is 2.37. The lowest BCUT2D eigenvalue weighted by Crippen LogP contribution is -2.59. The van der Waals surface area contributed by atoms with Gasteiger partial charge in [-0.25, -0.2) is 0 Å². The van der Waals surface area contributed by atoms with Gasteiger partial charge in [0.05, 0.1) is 0 Å². The van der Waals surface area contributed by atoms with Crippen LogP contribution in [0.25, 0.3) is 0 Å². The predicted octanol–water partition coefficient (Wildman–Crippen LogP) is 1.79. The molecule has 1 aromatic heterocycles. The normalized spacial score (nSPS) is 24.8. The van der Waals surface area contributed by atoms with E-state index in [4.69, 9.17) is 0 Å². The number of hydrogen-bond acceptors (Lipinski definition) is 3. The Morgan fingerprint density at radius 2 is 2.37 bits per heavy atom. The number of aromatic nitrogens is 1. The van der Waals surface area contributed by atoms with Crippen molar-refractivity contribution in [2.75, 3.05) is 6.54 Å². The van der Waals surface area contributed by atoms with Crippen LogP contribution in [0, 0.1) is 6.92 Å². The number of amides is 1. The number of piperidine rings is 1. The quantitative estimate of drug-likeness (QED) is 0.851. The SMILES string of the molecule is Cc1cccnc1C(=O)NC1CCNC2(CCC2)C1. The summed E-state index contributed by atoms with van der Waals surface area (Å²) < 4.78 is 0. The monoisotopic (exact) mass is 259 g/mol. The molecule has 4 nitrogen and oxygen atoms in total. The third-order valence-electron chi connectivity index (χ3n) is 4.50. The summed E-state index contributed by atoms with van der Waals surface area (Å²) in [5.74, 6) is -0.0283. The zero-order valence-corrected chi connectivity index (χ0v) is 11.4. The van der Waals surface area contributed by atoms with Gasteiger partial charge in [-0.2, -0.15) is 0 Å². The summed E-state index contributed by atoms with van der Waals surface area (Å²) in [7, 11) is 0. The average molecular weight is 259 g/mol. The van der Waals surface area contributed by atoms with E-state index < -0.39 is 0 Å². The number of aryl methyl sites for hydroxylation is 1. The van der Waals surface area contributed by atoms with Gasteiger partial charge in [-0.3, -0.25) is 9.78 Å².